The van der Waals surface area contributed by atoms with Crippen molar-refractivity contribution in [2.45, 2.75) is 13.0 Å². The Morgan fingerprint density at radius 1 is 0.964 bits per heavy atom. The van der Waals surface area contributed by atoms with Crippen LogP contribution in [0.2, 0.25) is 0 Å². The first kappa shape index (κ1) is 18.3. The van der Waals surface area contributed by atoms with Crippen LogP contribution >= 0.6 is 0 Å². The van der Waals surface area contributed by atoms with E-state index in [-0.39, 0.29) is 11.7 Å². The van der Waals surface area contributed by atoms with Gasteiger partial charge in [-0.1, -0.05) is 30.3 Å². The van der Waals surface area contributed by atoms with Crippen LogP contribution in [0.3, 0.4) is 0 Å². The van der Waals surface area contributed by atoms with Crippen molar-refractivity contribution >= 4 is 5.91 Å². The van der Waals surface area contributed by atoms with Crippen LogP contribution in [0.4, 0.5) is 4.39 Å². The van der Waals surface area contributed by atoms with Gasteiger partial charge in [-0.3, -0.25) is 9.69 Å². The molecule has 0 bridgehead atoms. The Bertz CT molecular complexity index is 925. The molecule has 0 unspecified atom stereocenters. The summed E-state index contributed by atoms with van der Waals surface area (Å²) in [5.74, 6) is -0.314. The van der Waals surface area contributed by atoms with Crippen molar-refractivity contribution in [3.63, 3.8) is 0 Å². The Morgan fingerprint density at radius 3 is 2.54 bits per heavy atom. The first-order valence-corrected chi connectivity index (χ1v) is 9.43. The highest BCUT2D eigenvalue weighted by Gasteiger charge is 2.22. The molecule has 0 saturated carbocycles. The zero-order valence-corrected chi connectivity index (χ0v) is 15.5. The predicted octanol–water partition coefficient (Wildman–Crippen LogP) is 2.75. The molecular weight excluding hydrogens is 357 g/mol. The molecule has 1 aliphatic rings. The molecule has 4 rings (SSSR count). The third-order valence-electron chi connectivity index (χ3n) is 4.89. The highest BCUT2D eigenvalue weighted by Crippen LogP contribution is 2.12. The first-order chi connectivity index (χ1) is 13.7. The molecule has 1 saturated heterocycles. The molecule has 1 fully saturated rings. The van der Waals surface area contributed by atoms with Crippen molar-refractivity contribution in [2.24, 2.45) is 0 Å². The lowest BCUT2D eigenvalue weighted by atomic mass is 10.2. The average molecular weight is 379 g/mol. The van der Waals surface area contributed by atoms with Gasteiger partial charge in [-0.2, -0.15) is 9.90 Å². The maximum absolute atomic E-state index is 13.1. The Hall–Kier alpha value is -3.06. The van der Waals surface area contributed by atoms with Gasteiger partial charge in [0.1, 0.15) is 5.82 Å². The Kier molecular flexibility index (Phi) is 5.43. The third-order valence-corrected chi connectivity index (χ3v) is 4.89. The van der Waals surface area contributed by atoms with E-state index in [1.54, 1.807) is 0 Å². The van der Waals surface area contributed by atoms with E-state index in [1.807, 2.05) is 47.4 Å². The fourth-order valence-electron chi connectivity index (χ4n) is 3.39. The number of aromatic nitrogens is 3. The SMILES string of the molecule is O=C(c1cnn(-c2ccccc2)n1)N1CCCN(Cc2ccc(F)cc2)CC1. The monoisotopic (exact) mass is 379 g/mol. The molecule has 0 spiro atoms. The standard InChI is InChI=1S/C21H22FN5O/c22-18-9-7-17(8-10-18)16-25-11-4-12-26(14-13-25)21(28)20-15-23-27(24-20)19-5-2-1-3-6-19/h1-3,5-10,15H,4,11-14,16H2. The molecule has 0 atom stereocenters. The summed E-state index contributed by atoms with van der Waals surface area (Å²) in [6.07, 6.45) is 2.41. The third kappa shape index (κ3) is 4.26. The van der Waals surface area contributed by atoms with Crippen LogP contribution in [0.1, 0.15) is 22.5 Å². The number of halogens is 1. The second kappa shape index (κ2) is 8.31. The lowest BCUT2D eigenvalue weighted by molar-refractivity contribution is 0.0754. The minimum absolute atomic E-state index is 0.0918. The van der Waals surface area contributed by atoms with Crippen LogP contribution in [0.25, 0.3) is 5.69 Å². The number of hydrogen-bond acceptors (Lipinski definition) is 4. The molecule has 0 radical (unpaired) electrons. The van der Waals surface area contributed by atoms with Gasteiger partial charge in [0.25, 0.3) is 5.91 Å². The fraction of sp³-hybridized carbons (Fsp3) is 0.286. The smallest absolute Gasteiger partial charge is 0.276 e. The number of benzene rings is 2. The molecule has 2 aromatic carbocycles. The van der Waals surface area contributed by atoms with E-state index in [1.165, 1.54) is 23.1 Å². The van der Waals surface area contributed by atoms with E-state index in [0.29, 0.717) is 18.8 Å². The lowest BCUT2D eigenvalue weighted by Crippen LogP contribution is -2.35. The summed E-state index contributed by atoms with van der Waals surface area (Å²) < 4.78 is 13.1. The summed E-state index contributed by atoms with van der Waals surface area (Å²) in [6, 6.07) is 16.1. The van der Waals surface area contributed by atoms with Crippen molar-refractivity contribution in [3.8, 4) is 5.69 Å². The van der Waals surface area contributed by atoms with Gasteiger partial charge < -0.3 is 4.90 Å². The second-order valence-electron chi connectivity index (χ2n) is 6.90. The second-order valence-corrected chi connectivity index (χ2v) is 6.90. The topological polar surface area (TPSA) is 54.3 Å². The maximum Gasteiger partial charge on any atom is 0.276 e. The molecule has 144 valence electrons. The predicted molar refractivity (Wildman–Crippen MR) is 104 cm³/mol. The summed E-state index contributed by atoms with van der Waals surface area (Å²) in [7, 11) is 0. The summed E-state index contributed by atoms with van der Waals surface area (Å²) in [5, 5.41) is 8.57. The number of nitrogens with zero attached hydrogens (tertiary/aromatic N) is 5. The lowest BCUT2D eigenvalue weighted by Gasteiger charge is -2.21. The number of para-hydroxylation sites is 1. The summed E-state index contributed by atoms with van der Waals surface area (Å²) >= 11 is 0. The molecule has 7 heteroatoms. The molecular formula is C21H22FN5O. The summed E-state index contributed by atoms with van der Waals surface area (Å²) in [5.41, 5.74) is 2.26. The summed E-state index contributed by atoms with van der Waals surface area (Å²) in [6.45, 7) is 3.76. The molecule has 3 aromatic rings. The number of carbonyl (C=O) groups is 1. The average Bonchev–Trinajstić information content (AvgIpc) is 3.11. The van der Waals surface area contributed by atoms with Gasteiger partial charge in [0.05, 0.1) is 11.9 Å². The quantitative estimate of drug-likeness (QED) is 0.700. The van der Waals surface area contributed by atoms with E-state index < -0.39 is 0 Å². The Labute approximate surface area is 163 Å². The number of carbonyl (C=O) groups excluding carboxylic acids is 1. The van der Waals surface area contributed by atoms with Gasteiger partial charge in [0, 0.05) is 32.7 Å². The zero-order valence-electron chi connectivity index (χ0n) is 15.5. The van der Waals surface area contributed by atoms with E-state index in [2.05, 4.69) is 15.1 Å². The van der Waals surface area contributed by atoms with Crippen LogP contribution < -0.4 is 0 Å². The Balaban J connectivity index is 1.38. The molecule has 1 aromatic heterocycles. The largest absolute Gasteiger partial charge is 0.336 e. The number of rotatable bonds is 4. The minimum atomic E-state index is -0.222. The highest BCUT2D eigenvalue weighted by atomic mass is 19.1. The molecule has 6 nitrogen and oxygen atoms in total. The van der Waals surface area contributed by atoms with Gasteiger partial charge in [-0.05, 0) is 36.2 Å². The van der Waals surface area contributed by atoms with Crippen molar-refractivity contribution < 1.29 is 9.18 Å². The van der Waals surface area contributed by atoms with Gasteiger partial charge in [0.15, 0.2) is 5.69 Å². The highest BCUT2D eigenvalue weighted by molar-refractivity contribution is 5.92. The molecule has 1 aliphatic heterocycles. The van der Waals surface area contributed by atoms with Crippen molar-refractivity contribution in [3.05, 3.63) is 77.9 Å². The van der Waals surface area contributed by atoms with Crippen LogP contribution in [0.15, 0.2) is 60.8 Å². The number of amides is 1. The van der Waals surface area contributed by atoms with E-state index >= 15 is 0 Å². The normalized spacial score (nSPS) is 15.4. The van der Waals surface area contributed by atoms with Gasteiger partial charge in [-0.25, -0.2) is 4.39 Å². The van der Waals surface area contributed by atoms with Gasteiger partial charge in [-0.15, -0.1) is 5.10 Å². The summed E-state index contributed by atoms with van der Waals surface area (Å²) in [4.78, 5) is 18.5. The van der Waals surface area contributed by atoms with Crippen LogP contribution in [0.5, 0.6) is 0 Å². The molecule has 28 heavy (non-hydrogen) atoms. The van der Waals surface area contributed by atoms with E-state index in [4.69, 9.17) is 0 Å². The number of hydrogen-bond donors (Lipinski definition) is 0. The minimum Gasteiger partial charge on any atom is -0.336 e. The molecule has 0 N–H and O–H groups in total. The van der Waals surface area contributed by atoms with Crippen molar-refractivity contribution in [1.29, 1.82) is 0 Å². The Morgan fingerprint density at radius 2 is 1.75 bits per heavy atom. The van der Waals surface area contributed by atoms with Crippen LogP contribution in [-0.4, -0.2) is 56.9 Å². The van der Waals surface area contributed by atoms with Crippen LogP contribution in [0, 0.1) is 5.82 Å². The maximum atomic E-state index is 13.1. The van der Waals surface area contributed by atoms with Crippen LogP contribution in [-0.2, 0) is 6.54 Å². The van der Waals surface area contributed by atoms with Crippen molar-refractivity contribution in [1.82, 2.24) is 24.8 Å². The van der Waals surface area contributed by atoms with E-state index in [9.17, 15) is 9.18 Å². The van der Waals surface area contributed by atoms with Crippen molar-refractivity contribution in [2.75, 3.05) is 26.2 Å². The molecule has 2 heterocycles. The molecule has 0 aliphatic carbocycles. The molecule has 1 amide bonds. The van der Waals surface area contributed by atoms with Gasteiger partial charge in [0.2, 0.25) is 0 Å². The zero-order chi connectivity index (χ0) is 19.3. The van der Waals surface area contributed by atoms with Gasteiger partial charge >= 0.3 is 0 Å². The fourth-order valence-corrected chi connectivity index (χ4v) is 3.39. The van der Waals surface area contributed by atoms with E-state index in [0.717, 1.165) is 37.3 Å². The first-order valence-electron chi connectivity index (χ1n) is 9.43.